The van der Waals surface area contributed by atoms with Crippen molar-refractivity contribution in [3.05, 3.63) is 22.6 Å². The maximum atomic E-state index is 6.39. The molecule has 4 atom stereocenters. The molecule has 3 rings (SSSR count). The predicted molar refractivity (Wildman–Crippen MR) is 76.1 cm³/mol. The fourth-order valence-corrected chi connectivity index (χ4v) is 4.29. The zero-order chi connectivity index (χ0) is 12.5. The van der Waals surface area contributed by atoms with Gasteiger partial charge in [0.05, 0.1) is 6.04 Å². The fraction of sp³-hybridized carbons (Fsp3) is 0.733. The zero-order valence-electron chi connectivity index (χ0n) is 10.8. The summed E-state index contributed by atoms with van der Waals surface area (Å²) in [5, 5.41) is 0. The molecule has 0 radical (unpaired) electrons. The first kappa shape index (κ1) is 12.7. The Balaban J connectivity index is 1.66. The van der Waals surface area contributed by atoms with E-state index < -0.39 is 0 Å². The molecular formula is C15H22BrNO. The SMILES string of the molecule is NC(c1ccc(Br)o1)C1CCC2CCCCC2C1. The number of nitrogens with two attached hydrogens (primary N) is 1. The lowest BCUT2D eigenvalue weighted by Gasteiger charge is -2.40. The van der Waals surface area contributed by atoms with Gasteiger partial charge in [-0.1, -0.05) is 25.7 Å². The van der Waals surface area contributed by atoms with Gasteiger partial charge in [0.15, 0.2) is 4.67 Å². The number of furan rings is 1. The van der Waals surface area contributed by atoms with Gasteiger partial charge < -0.3 is 10.2 Å². The smallest absolute Gasteiger partial charge is 0.169 e. The van der Waals surface area contributed by atoms with Crippen LogP contribution in [0.15, 0.2) is 21.2 Å². The Morgan fingerprint density at radius 3 is 2.61 bits per heavy atom. The first-order chi connectivity index (χ1) is 8.74. The Morgan fingerprint density at radius 1 is 1.11 bits per heavy atom. The lowest BCUT2D eigenvalue weighted by Crippen LogP contribution is -2.32. The Labute approximate surface area is 117 Å². The summed E-state index contributed by atoms with van der Waals surface area (Å²) >= 11 is 3.36. The van der Waals surface area contributed by atoms with Crippen LogP contribution in [0.5, 0.6) is 0 Å². The van der Waals surface area contributed by atoms with Crippen LogP contribution in [0.4, 0.5) is 0 Å². The van der Waals surface area contributed by atoms with Gasteiger partial charge in [0, 0.05) is 0 Å². The highest BCUT2D eigenvalue weighted by atomic mass is 79.9. The van der Waals surface area contributed by atoms with Crippen LogP contribution in [0.1, 0.15) is 56.7 Å². The average molecular weight is 312 g/mol. The van der Waals surface area contributed by atoms with E-state index in [9.17, 15) is 0 Å². The molecule has 0 amide bonds. The van der Waals surface area contributed by atoms with Crippen LogP contribution >= 0.6 is 15.9 Å². The van der Waals surface area contributed by atoms with E-state index in [1.54, 1.807) is 0 Å². The lowest BCUT2D eigenvalue weighted by molar-refractivity contribution is 0.113. The van der Waals surface area contributed by atoms with E-state index in [1.165, 1.54) is 44.9 Å². The topological polar surface area (TPSA) is 39.2 Å². The number of rotatable bonds is 2. The van der Waals surface area contributed by atoms with Crippen molar-refractivity contribution in [3.63, 3.8) is 0 Å². The second-order valence-corrected chi connectivity index (χ2v) is 6.83. The molecule has 2 nitrogen and oxygen atoms in total. The van der Waals surface area contributed by atoms with Gasteiger partial charge in [0.25, 0.3) is 0 Å². The largest absolute Gasteiger partial charge is 0.453 e. The Bertz CT molecular complexity index is 403. The molecule has 2 aliphatic rings. The van der Waals surface area contributed by atoms with Gasteiger partial charge >= 0.3 is 0 Å². The van der Waals surface area contributed by atoms with Crippen molar-refractivity contribution in [1.82, 2.24) is 0 Å². The molecule has 2 saturated carbocycles. The van der Waals surface area contributed by atoms with Gasteiger partial charge in [-0.3, -0.25) is 0 Å². The first-order valence-corrected chi connectivity index (χ1v) is 8.04. The first-order valence-electron chi connectivity index (χ1n) is 7.25. The van der Waals surface area contributed by atoms with Gasteiger partial charge in [-0.2, -0.15) is 0 Å². The Hall–Kier alpha value is -0.280. The molecular weight excluding hydrogens is 290 g/mol. The van der Waals surface area contributed by atoms with Crippen LogP contribution in [0.25, 0.3) is 0 Å². The van der Waals surface area contributed by atoms with Crippen LogP contribution in [0.3, 0.4) is 0 Å². The van der Waals surface area contributed by atoms with E-state index in [1.807, 2.05) is 12.1 Å². The van der Waals surface area contributed by atoms with Crippen molar-refractivity contribution in [2.24, 2.45) is 23.5 Å². The van der Waals surface area contributed by atoms with Crippen LogP contribution in [0, 0.1) is 17.8 Å². The van der Waals surface area contributed by atoms with Gasteiger partial charge in [-0.25, -0.2) is 0 Å². The normalized spacial score (nSPS) is 34.0. The number of hydrogen-bond acceptors (Lipinski definition) is 2. The summed E-state index contributed by atoms with van der Waals surface area (Å²) in [6.45, 7) is 0. The summed E-state index contributed by atoms with van der Waals surface area (Å²) in [5.41, 5.74) is 6.39. The third-order valence-electron chi connectivity index (χ3n) is 5.01. The molecule has 2 N–H and O–H groups in total. The third-order valence-corrected chi connectivity index (χ3v) is 5.44. The van der Waals surface area contributed by atoms with Crippen LogP contribution in [-0.2, 0) is 0 Å². The minimum Gasteiger partial charge on any atom is -0.453 e. The Morgan fingerprint density at radius 2 is 1.89 bits per heavy atom. The predicted octanol–water partition coefficient (Wildman–Crippen LogP) is 4.65. The molecule has 3 heteroatoms. The molecule has 1 aromatic heterocycles. The van der Waals surface area contributed by atoms with E-state index in [-0.39, 0.29) is 6.04 Å². The van der Waals surface area contributed by atoms with E-state index in [0.29, 0.717) is 5.92 Å². The summed E-state index contributed by atoms with van der Waals surface area (Å²) in [4.78, 5) is 0. The highest BCUT2D eigenvalue weighted by Crippen LogP contribution is 2.45. The van der Waals surface area contributed by atoms with Gasteiger partial charge in [-0.15, -0.1) is 0 Å². The molecule has 2 aliphatic carbocycles. The lowest BCUT2D eigenvalue weighted by atomic mass is 9.66. The highest BCUT2D eigenvalue weighted by molar-refractivity contribution is 9.10. The summed E-state index contributed by atoms with van der Waals surface area (Å²) in [6.07, 6.45) is 9.73. The maximum Gasteiger partial charge on any atom is 0.169 e. The van der Waals surface area contributed by atoms with Crippen molar-refractivity contribution >= 4 is 15.9 Å². The molecule has 0 aliphatic heterocycles. The summed E-state index contributed by atoms with van der Waals surface area (Å²) in [6, 6.07) is 4.04. The summed E-state index contributed by atoms with van der Waals surface area (Å²) in [7, 11) is 0. The standard InChI is InChI=1S/C15H22BrNO/c16-14-8-7-13(18-14)15(17)12-6-5-10-3-1-2-4-11(10)9-12/h7-8,10-12,15H,1-6,9,17H2. The average Bonchev–Trinajstić information content (AvgIpc) is 2.84. The highest BCUT2D eigenvalue weighted by Gasteiger charge is 2.35. The molecule has 0 saturated heterocycles. The fourth-order valence-electron chi connectivity index (χ4n) is 3.98. The third kappa shape index (κ3) is 2.53. The summed E-state index contributed by atoms with van der Waals surface area (Å²) in [5.74, 6) is 3.48. The van der Waals surface area contributed by atoms with Crippen molar-refractivity contribution in [1.29, 1.82) is 0 Å². The number of hydrogen-bond donors (Lipinski definition) is 1. The number of halogens is 1. The zero-order valence-corrected chi connectivity index (χ0v) is 12.4. The maximum absolute atomic E-state index is 6.39. The Kier molecular flexibility index (Phi) is 3.81. The number of fused-ring (bicyclic) bond motifs is 1. The molecule has 0 spiro atoms. The van der Waals surface area contributed by atoms with Crippen molar-refractivity contribution in [2.45, 2.75) is 51.0 Å². The molecule has 0 aromatic carbocycles. The van der Waals surface area contributed by atoms with E-state index in [2.05, 4.69) is 15.9 Å². The van der Waals surface area contributed by atoms with Crippen LogP contribution in [-0.4, -0.2) is 0 Å². The minimum atomic E-state index is 0.0826. The van der Waals surface area contributed by atoms with Gasteiger partial charge in [0.2, 0.25) is 0 Å². The minimum absolute atomic E-state index is 0.0826. The molecule has 100 valence electrons. The molecule has 4 unspecified atom stereocenters. The second kappa shape index (κ2) is 5.38. The monoisotopic (exact) mass is 311 g/mol. The second-order valence-electron chi connectivity index (χ2n) is 6.05. The van der Waals surface area contributed by atoms with Gasteiger partial charge in [-0.05, 0) is 65.1 Å². The van der Waals surface area contributed by atoms with Gasteiger partial charge in [0.1, 0.15) is 5.76 Å². The van der Waals surface area contributed by atoms with Crippen molar-refractivity contribution < 1.29 is 4.42 Å². The van der Waals surface area contributed by atoms with Crippen molar-refractivity contribution in [3.8, 4) is 0 Å². The van der Waals surface area contributed by atoms with E-state index in [0.717, 1.165) is 22.3 Å². The molecule has 1 heterocycles. The molecule has 2 fully saturated rings. The quantitative estimate of drug-likeness (QED) is 0.863. The van der Waals surface area contributed by atoms with E-state index in [4.69, 9.17) is 10.2 Å². The molecule has 1 aromatic rings. The van der Waals surface area contributed by atoms with Crippen LogP contribution in [0.2, 0.25) is 0 Å². The molecule has 18 heavy (non-hydrogen) atoms. The van der Waals surface area contributed by atoms with Crippen molar-refractivity contribution in [2.75, 3.05) is 0 Å². The summed E-state index contributed by atoms with van der Waals surface area (Å²) < 4.78 is 6.42. The van der Waals surface area contributed by atoms with E-state index >= 15 is 0 Å². The molecule has 0 bridgehead atoms. The van der Waals surface area contributed by atoms with Crippen LogP contribution < -0.4 is 5.73 Å².